The molecule has 0 heterocycles. The molecular weight excluding hydrogens is 703 g/mol. The zero-order valence-corrected chi connectivity index (χ0v) is 33.8. The van der Waals surface area contributed by atoms with Crippen molar-refractivity contribution in [1.29, 1.82) is 0 Å². The van der Waals surface area contributed by atoms with Gasteiger partial charge in [0.2, 0.25) is 0 Å². The molecule has 0 amide bonds. The van der Waals surface area contributed by atoms with Gasteiger partial charge >= 0.3 is 19.8 Å². The average molecular weight is 777 g/mol. The number of esters is 2. The Labute approximate surface area is 319 Å². The molecule has 1 aliphatic carbocycles. The molecule has 0 bridgehead atoms. The molecule has 0 unspecified atom stereocenters. The highest BCUT2D eigenvalue weighted by Crippen LogP contribution is 2.37. The zero-order valence-electron chi connectivity index (χ0n) is 32.9. The number of phosphoric acid groups is 1. The van der Waals surface area contributed by atoms with Crippen LogP contribution in [-0.2, 0) is 32.9 Å². The number of hydrogen-bond acceptors (Lipinski definition) is 10. The second-order valence-electron chi connectivity index (χ2n) is 15.4. The summed E-state index contributed by atoms with van der Waals surface area (Å²) in [5.74, 6) is -1.40. The fourth-order valence-electron chi connectivity index (χ4n) is 6.79. The number of carbonyl (C=O) groups is 3. The molecule has 310 valence electrons. The van der Waals surface area contributed by atoms with Crippen molar-refractivity contribution >= 4 is 25.5 Å². The molecule has 0 radical (unpaired) electrons. The highest BCUT2D eigenvalue weighted by molar-refractivity contribution is 7.46. The van der Waals surface area contributed by atoms with Gasteiger partial charge in [0.15, 0.2) is 6.10 Å². The topological polar surface area (TPSA) is 197 Å². The van der Waals surface area contributed by atoms with Gasteiger partial charge in [0.05, 0.1) is 24.9 Å². The van der Waals surface area contributed by atoms with Gasteiger partial charge in [0, 0.05) is 43.9 Å². The van der Waals surface area contributed by atoms with Crippen molar-refractivity contribution in [2.45, 2.75) is 193 Å². The van der Waals surface area contributed by atoms with Crippen molar-refractivity contribution in [3.05, 3.63) is 12.2 Å². The molecular formula is C40H73O12P. The van der Waals surface area contributed by atoms with Crippen LogP contribution in [0.4, 0.5) is 0 Å². The molecule has 0 spiro atoms. The van der Waals surface area contributed by atoms with Gasteiger partial charge < -0.3 is 34.6 Å². The van der Waals surface area contributed by atoms with Crippen molar-refractivity contribution in [3.8, 4) is 0 Å². The molecule has 6 atom stereocenters. The van der Waals surface area contributed by atoms with Gasteiger partial charge in [0.1, 0.15) is 12.4 Å². The number of carbonyl (C=O) groups excluding carboxylic acids is 3. The molecule has 1 fully saturated rings. The molecule has 0 saturated heterocycles. The summed E-state index contributed by atoms with van der Waals surface area (Å²) < 4.78 is 26.3. The summed E-state index contributed by atoms with van der Waals surface area (Å²) in [4.78, 5) is 55.8. The Morgan fingerprint density at radius 3 is 1.89 bits per heavy atom. The lowest BCUT2D eigenvalue weighted by molar-refractivity contribution is -0.161. The first-order valence-corrected chi connectivity index (χ1v) is 22.0. The first-order valence-electron chi connectivity index (χ1n) is 20.5. The fourth-order valence-corrected chi connectivity index (χ4v) is 7.15. The van der Waals surface area contributed by atoms with Crippen molar-refractivity contribution in [2.75, 3.05) is 13.2 Å². The molecule has 0 aromatic heterocycles. The minimum Gasteiger partial charge on any atom is -0.462 e. The number of hydrogen-bond donors (Lipinski definition) is 5. The molecule has 0 aromatic rings. The van der Waals surface area contributed by atoms with E-state index in [-0.39, 0.29) is 37.9 Å². The molecule has 1 rings (SSSR count). The molecule has 0 aliphatic heterocycles. The monoisotopic (exact) mass is 776 g/mol. The van der Waals surface area contributed by atoms with Gasteiger partial charge in [-0.3, -0.25) is 18.9 Å². The van der Waals surface area contributed by atoms with Crippen LogP contribution in [0.5, 0.6) is 0 Å². The van der Waals surface area contributed by atoms with E-state index >= 15 is 0 Å². The van der Waals surface area contributed by atoms with Crippen LogP contribution in [0.1, 0.15) is 168 Å². The van der Waals surface area contributed by atoms with E-state index < -0.39 is 69.2 Å². The van der Waals surface area contributed by atoms with E-state index in [1.165, 1.54) is 51.4 Å². The average Bonchev–Trinajstić information content (AvgIpc) is 3.35. The van der Waals surface area contributed by atoms with Crippen molar-refractivity contribution in [1.82, 2.24) is 0 Å². The van der Waals surface area contributed by atoms with Crippen LogP contribution >= 0.6 is 7.82 Å². The maximum absolute atomic E-state index is 12.8. The van der Waals surface area contributed by atoms with E-state index in [9.17, 15) is 34.3 Å². The smallest absolute Gasteiger partial charge is 0.462 e. The molecule has 53 heavy (non-hydrogen) atoms. The second-order valence-corrected chi connectivity index (χ2v) is 16.7. The summed E-state index contributed by atoms with van der Waals surface area (Å²) in [7, 11) is -4.85. The Bertz CT molecular complexity index is 1060. The van der Waals surface area contributed by atoms with Gasteiger partial charge in [0.25, 0.3) is 0 Å². The Kier molecular flexibility index (Phi) is 27.6. The Balaban J connectivity index is 2.34. The van der Waals surface area contributed by atoms with Gasteiger partial charge in [-0.2, -0.15) is 0 Å². The molecule has 0 aromatic carbocycles. The van der Waals surface area contributed by atoms with Crippen LogP contribution in [0.15, 0.2) is 12.2 Å². The van der Waals surface area contributed by atoms with E-state index in [0.717, 1.165) is 44.4 Å². The number of ether oxygens (including phenoxy) is 2. The Hall–Kier alpha value is -1.66. The van der Waals surface area contributed by atoms with Crippen LogP contribution in [0.25, 0.3) is 0 Å². The van der Waals surface area contributed by atoms with E-state index in [4.69, 9.17) is 19.3 Å². The van der Waals surface area contributed by atoms with E-state index in [2.05, 4.69) is 25.3 Å². The van der Waals surface area contributed by atoms with Crippen molar-refractivity contribution in [3.63, 3.8) is 0 Å². The van der Waals surface area contributed by atoms with E-state index in [1.807, 2.05) is 0 Å². The lowest BCUT2D eigenvalue weighted by Gasteiger charge is -2.20. The Morgan fingerprint density at radius 2 is 1.28 bits per heavy atom. The largest absolute Gasteiger partial charge is 0.469 e. The summed E-state index contributed by atoms with van der Waals surface area (Å²) >= 11 is 0. The number of aliphatic hydroxyl groups is 3. The summed E-state index contributed by atoms with van der Waals surface area (Å²) in [5, 5.41) is 31.2. The number of ketones is 1. The highest BCUT2D eigenvalue weighted by atomic mass is 31.2. The number of rotatable bonds is 33. The third-order valence-electron chi connectivity index (χ3n) is 9.94. The quantitative estimate of drug-likeness (QED) is 0.0189. The lowest BCUT2D eigenvalue weighted by atomic mass is 9.87. The van der Waals surface area contributed by atoms with Crippen LogP contribution in [0.3, 0.4) is 0 Å². The van der Waals surface area contributed by atoms with Gasteiger partial charge in [-0.25, -0.2) is 4.57 Å². The van der Waals surface area contributed by atoms with E-state index in [1.54, 1.807) is 12.2 Å². The number of Topliss-reactive ketones (excluding diaryl/α,β-unsaturated/α-hetero) is 1. The standard InChI is InChI=1S/C40H73O12P/c1-4-5-15-21-32(41)25-26-35-36(38(44)28-37(35)43)27-33(42)22-18-19-24-40(46)52-34(30-51-53(47,48)49)29-50-39(45)23-17-14-12-10-8-6-7-9-11-13-16-20-31(2)3/h25-26,31-32,34-38,41,43-44H,4-24,27-30H2,1-3H3,(H2,47,48,49)/b26-25+/t32-,34+,35+,36+,37+,38-/m0/s1. The third kappa shape index (κ3) is 26.7. The van der Waals surface area contributed by atoms with Crippen molar-refractivity contribution < 1.29 is 58.1 Å². The molecule has 12 nitrogen and oxygen atoms in total. The fraction of sp³-hybridized carbons (Fsp3) is 0.875. The number of phosphoric ester groups is 1. The summed E-state index contributed by atoms with van der Waals surface area (Å²) in [6, 6.07) is 0. The number of aliphatic hydroxyl groups excluding tert-OH is 3. The highest BCUT2D eigenvalue weighted by Gasteiger charge is 2.41. The first-order chi connectivity index (χ1) is 25.2. The first kappa shape index (κ1) is 49.4. The SMILES string of the molecule is CCCCC[C@H](O)/C=C/[C@@H]1[C@@H](CC(=O)CCCCC(=O)O[C@H](COC(=O)CCCCCCCCCCCCCC(C)C)COP(=O)(O)O)[C@@H](O)C[C@H]1O. The van der Waals surface area contributed by atoms with Crippen LogP contribution in [-0.4, -0.2) is 80.5 Å². The molecule has 1 saturated carbocycles. The van der Waals surface area contributed by atoms with Gasteiger partial charge in [-0.05, 0) is 31.6 Å². The summed E-state index contributed by atoms with van der Waals surface area (Å²) in [6.45, 7) is 5.57. The van der Waals surface area contributed by atoms with Gasteiger partial charge in [-0.1, -0.05) is 123 Å². The summed E-state index contributed by atoms with van der Waals surface area (Å²) in [6.07, 6.45) is 18.6. The van der Waals surface area contributed by atoms with Crippen LogP contribution < -0.4 is 0 Å². The Morgan fingerprint density at radius 1 is 0.736 bits per heavy atom. The second kappa shape index (κ2) is 29.6. The predicted octanol–water partition coefficient (Wildman–Crippen LogP) is 7.65. The normalized spacial score (nSPS) is 20.2. The molecule has 13 heteroatoms. The van der Waals surface area contributed by atoms with Crippen molar-refractivity contribution in [2.24, 2.45) is 17.8 Å². The maximum atomic E-state index is 12.8. The minimum absolute atomic E-state index is 0.0651. The van der Waals surface area contributed by atoms with Gasteiger partial charge in [-0.15, -0.1) is 0 Å². The number of unbranched alkanes of at least 4 members (excludes halogenated alkanes) is 13. The lowest BCUT2D eigenvalue weighted by Crippen LogP contribution is -2.29. The zero-order chi connectivity index (χ0) is 39.5. The molecule has 5 N–H and O–H groups in total. The van der Waals surface area contributed by atoms with E-state index in [0.29, 0.717) is 25.7 Å². The van der Waals surface area contributed by atoms with Crippen LogP contribution in [0, 0.1) is 17.8 Å². The summed E-state index contributed by atoms with van der Waals surface area (Å²) in [5.41, 5.74) is 0. The molecule has 1 aliphatic rings. The predicted molar refractivity (Wildman–Crippen MR) is 205 cm³/mol. The minimum atomic E-state index is -4.85. The maximum Gasteiger partial charge on any atom is 0.469 e. The van der Waals surface area contributed by atoms with Crippen LogP contribution in [0.2, 0.25) is 0 Å². The third-order valence-corrected chi connectivity index (χ3v) is 10.4.